The molecule has 0 aromatic heterocycles. The maximum atomic E-state index is 12.4. The number of aliphatic hydroxyl groups excluding tert-OH is 1. The van der Waals surface area contributed by atoms with Crippen molar-refractivity contribution in [3.63, 3.8) is 0 Å². The van der Waals surface area contributed by atoms with Gasteiger partial charge in [0.1, 0.15) is 0 Å². The molecule has 5 heteroatoms. The van der Waals surface area contributed by atoms with Gasteiger partial charge in [0.05, 0.1) is 18.1 Å². The van der Waals surface area contributed by atoms with Gasteiger partial charge < -0.3 is 15.3 Å². The van der Waals surface area contributed by atoms with Gasteiger partial charge in [-0.25, -0.2) is 0 Å². The zero-order valence-electron chi connectivity index (χ0n) is 12.4. The van der Waals surface area contributed by atoms with Crippen molar-refractivity contribution in [1.29, 1.82) is 0 Å². The summed E-state index contributed by atoms with van der Waals surface area (Å²) >= 11 is 0. The number of hydrogen-bond acceptors (Lipinski definition) is 3. The molecular formula is C15H26N2O3. The molecule has 1 aliphatic carbocycles. The van der Waals surface area contributed by atoms with E-state index in [0.29, 0.717) is 13.0 Å². The first kappa shape index (κ1) is 15.3. The van der Waals surface area contributed by atoms with Crippen LogP contribution in [0.2, 0.25) is 0 Å². The highest BCUT2D eigenvalue weighted by Gasteiger charge is 2.37. The molecule has 1 unspecified atom stereocenters. The Morgan fingerprint density at radius 1 is 1.30 bits per heavy atom. The van der Waals surface area contributed by atoms with E-state index in [9.17, 15) is 14.7 Å². The minimum Gasteiger partial charge on any atom is -0.394 e. The van der Waals surface area contributed by atoms with Gasteiger partial charge in [0, 0.05) is 19.5 Å². The third-order valence-electron chi connectivity index (χ3n) is 4.70. The number of aliphatic hydroxyl groups is 1. The van der Waals surface area contributed by atoms with Crippen LogP contribution in [0.15, 0.2) is 0 Å². The monoisotopic (exact) mass is 282 g/mol. The zero-order valence-corrected chi connectivity index (χ0v) is 12.4. The van der Waals surface area contributed by atoms with Gasteiger partial charge in [-0.05, 0) is 25.7 Å². The van der Waals surface area contributed by atoms with Gasteiger partial charge in [0.25, 0.3) is 0 Å². The van der Waals surface area contributed by atoms with E-state index in [0.717, 1.165) is 45.1 Å². The number of amides is 2. The summed E-state index contributed by atoms with van der Waals surface area (Å²) < 4.78 is 0. The van der Waals surface area contributed by atoms with Crippen molar-refractivity contribution in [3.05, 3.63) is 0 Å². The number of rotatable bonds is 4. The summed E-state index contributed by atoms with van der Waals surface area (Å²) in [6, 6.07) is 0. The van der Waals surface area contributed by atoms with E-state index in [1.807, 2.05) is 6.92 Å². The largest absolute Gasteiger partial charge is 0.394 e. The summed E-state index contributed by atoms with van der Waals surface area (Å²) in [4.78, 5) is 26.0. The van der Waals surface area contributed by atoms with E-state index >= 15 is 0 Å². The fourth-order valence-corrected chi connectivity index (χ4v) is 3.38. The molecule has 20 heavy (non-hydrogen) atoms. The average Bonchev–Trinajstić information content (AvgIpc) is 2.95. The Hall–Kier alpha value is -1.10. The predicted octanol–water partition coefficient (Wildman–Crippen LogP) is 1.06. The van der Waals surface area contributed by atoms with Gasteiger partial charge in [-0.3, -0.25) is 9.59 Å². The van der Waals surface area contributed by atoms with Crippen molar-refractivity contribution in [3.8, 4) is 0 Å². The van der Waals surface area contributed by atoms with Crippen LogP contribution in [0.5, 0.6) is 0 Å². The molecule has 1 saturated heterocycles. The summed E-state index contributed by atoms with van der Waals surface area (Å²) in [5, 5.41) is 12.6. The Bertz CT molecular complexity index is 364. The number of carbonyl (C=O) groups is 2. The van der Waals surface area contributed by atoms with Gasteiger partial charge in [0.2, 0.25) is 11.8 Å². The van der Waals surface area contributed by atoms with Crippen LogP contribution in [-0.2, 0) is 9.59 Å². The topological polar surface area (TPSA) is 69.6 Å². The first-order valence-electron chi connectivity index (χ1n) is 7.81. The van der Waals surface area contributed by atoms with Crippen LogP contribution >= 0.6 is 0 Å². The first-order chi connectivity index (χ1) is 9.60. The SMILES string of the molecule is CCC(=O)N1CCCC(C(=O)NC2(CO)CCCC2)C1. The predicted molar refractivity (Wildman–Crippen MR) is 76.0 cm³/mol. The highest BCUT2D eigenvalue weighted by Crippen LogP contribution is 2.30. The van der Waals surface area contributed by atoms with Crippen LogP contribution < -0.4 is 5.32 Å². The van der Waals surface area contributed by atoms with Crippen molar-refractivity contribution in [2.45, 2.75) is 57.4 Å². The minimum atomic E-state index is -0.409. The van der Waals surface area contributed by atoms with E-state index in [4.69, 9.17) is 0 Å². The second kappa shape index (κ2) is 6.57. The van der Waals surface area contributed by atoms with Gasteiger partial charge >= 0.3 is 0 Å². The fourth-order valence-electron chi connectivity index (χ4n) is 3.38. The molecule has 114 valence electrons. The van der Waals surface area contributed by atoms with Gasteiger partial charge in [-0.2, -0.15) is 0 Å². The Kier molecular flexibility index (Phi) is 5.02. The molecule has 2 amide bonds. The molecule has 0 aromatic rings. The van der Waals surface area contributed by atoms with E-state index < -0.39 is 5.54 Å². The molecule has 2 fully saturated rings. The van der Waals surface area contributed by atoms with Crippen molar-refractivity contribution < 1.29 is 14.7 Å². The smallest absolute Gasteiger partial charge is 0.225 e. The van der Waals surface area contributed by atoms with Crippen molar-refractivity contribution in [2.24, 2.45) is 5.92 Å². The standard InChI is InChI=1S/C15H26N2O3/c1-2-13(19)17-9-5-6-12(10-17)14(20)16-15(11-18)7-3-4-8-15/h12,18H,2-11H2,1H3,(H,16,20). The summed E-state index contributed by atoms with van der Waals surface area (Å²) in [6.07, 6.45) is 6.06. The van der Waals surface area contributed by atoms with Crippen LogP contribution in [0.4, 0.5) is 0 Å². The molecule has 0 aromatic carbocycles. The van der Waals surface area contributed by atoms with Crippen LogP contribution in [0.1, 0.15) is 51.9 Å². The van der Waals surface area contributed by atoms with E-state index in [1.54, 1.807) is 4.90 Å². The molecule has 0 spiro atoms. The molecule has 1 saturated carbocycles. The number of nitrogens with one attached hydrogen (secondary N) is 1. The van der Waals surface area contributed by atoms with E-state index in [-0.39, 0.29) is 24.3 Å². The summed E-state index contributed by atoms with van der Waals surface area (Å²) in [6.45, 7) is 3.16. The number of carbonyl (C=O) groups excluding carboxylic acids is 2. The molecule has 1 atom stereocenters. The second-order valence-corrected chi connectivity index (χ2v) is 6.17. The lowest BCUT2D eigenvalue weighted by atomic mass is 9.93. The molecule has 5 nitrogen and oxygen atoms in total. The van der Waals surface area contributed by atoms with Crippen molar-refractivity contribution in [2.75, 3.05) is 19.7 Å². The van der Waals surface area contributed by atoms with E-state index in [1.165, 1.54) is 0 Å². The molecule has 2 N–H and O–H groups in total. The van der Waals surface area contributed by atoms with Crippen molar-refractivity contribution in [1.82, 2.24) is 10.2 Å². The molecule has 2 rings (SSSR count). The van der Waals surface area contributed by atoms with Crippen LogP contribution in [0, 0.1) is 5.92 Å². The Labute approximate surface area is 120 Å². The lowest BCUT2D eigenvalue weighted by Crippen LogP contribution is -2.54. The maximum absolute atomic E-state index is 12.4. The highest BCUT2D eigenvalue weighted by molar-refractivity contribution is 5.81. The van der Waals surface area contributed by atoms with Gasteiger partial charge in [0.15, 0.2) is 0 Å². The summed E-state index contributed by atoms with van der Waals surface area (Å²) in [5.74, 6) is 0.0121. The number of likely N-dealkylation sites (tertiary alicyclic amines) is 1. The fraction of sp³-hybridized carbons (Fsp3) is 0.867. The second-order valence-electron chi connectivity index (χ2n) is 6.17. The Morgan fingerprint density at radius 2 is 2.00 bits per heavy atom. The zero-order chi connectivity index (χ0) is 14.6. The molecule has 0 bridgehead atoms. The molecular weight excluding hydrogens is 256 g/mol. The summed E-state index contributed by atoms with van der Waals surface area (Å²) in [7, 11) is 0. The quantitative estimate of drug-likeness (QED) is 0.810. The maximum Gasteiger partial charge on any atom is 0.225 e. The first-order valence-corrected chi connectivity index (χ1v) is 7.81. The van der Waals surface area contributed by atoms with Gasteiger partial charge in [-0.1, -0.05) is 19.8 Å². The van der Waals surface area contributed by atoms with Crippen LogP contribution in [-0.4, -0.2) is 47.1 Å². The van der Waals surface area contributed by atoms with Gasteiger partial charge in [-0.15, -0.1) is 0 Å². The molecule has 2 aliphatic rings. The Balaban J connectivity index is 1.93. The van der Waals surface area contributed by atoms with Crippen LogP contribution in [0.25, 0.3) is 0 Å². The normalized spacial score (nSPS) is 25.5. The average molecular weight is 282 g/mol. The number of piperidine rings is 1. The summed E-state index contributed by atoms with van der Waals surface area (Å²) in [5.41, 5.74) is -0.409. The van der Waals surface area contributed by atoms with Crippen molar-refractivity contribution >= 4 is 11.8 Å². The molecule has 1 aliphatic heterocycles. The van der Waals surface area contributed by atoms with E-state index in [2.05, 4.69) is 5.32 Å². The lowest BCUT2D eigenvalue weighted by Gasteiger charge is -2.35. The lowest BCUT2D eigenvalue weighted by molar-refractivity contribution is -0.136. The third kappa shape index (κ3) is 3.32. The Morgan fingerprint density at radius 3 is 2.60 bits per heavy atom. The highest BCUT2D eigenvalue weighted by atomic mass is 16.3. The third-order valence-corrected chi connectivity index (χ3v) is 4.70. The number of nitrogens with zero attached hydrogens (tertiary/aromatic N) is 1. The molecule has 0 radical (unpaired) electrons. The number of hydrogen-bond donors (Lipinski definition) is 2. The molecule has 1 heterocycles. The minimum absolute atomic E-state index is 0.00885. The van der Waals surface area contributed by atoms with Crippen LogP contribution in [0.3, 0.4) is 0 Å².